The average molecular weight is 395 g/mol. The van der Waals surface area contributed by atoms with Gasteiger partial charge in [0, 0.05) is 43.0 Å². The number of amides is 2. The van der Waals surface area contributed by atoms with Gasteiger partial charge in [-0.25, -0.2) is 9.97 Å². The van der Waals surface area contributed by atoms with Crippen LogP contribution < -0.4 is 5.32 Å². The predicted molar refractivity (Wildman–Crippen MR) is 113 cm³/mol. The highest BCUT2D eigenvalue weighted by Crippen LogP contribution is 2.28. The molecule has 3 rings (SSSR count). The van der Waals surface area contributed by atoms with Crippen molar-refractivity contribution in [3.8, 4) is 0 Å². The van der Waals surface area contributed by atoms with Gasteiger partial charge in [0.25, 0.3) is 0 Å². The zero-order chi connectivity index (χ0) is 21.0. The molecule has 0 saturated carbocycles. The quantitative estimate of drug-likeness (QED) is 0.846. The van der Waals surface area contributed by atoms with Gasteiger partial charge in [-0.05, 0) is 39.2 Å². The van der Waals surface area contributed by atoms with Crippen LogP contribution >= 0.6 is 0 Å². The lowest BCUT2D eigenvalue weighted by atomic mass is 9.93. The minimum atomic E-state index is -0.158. The number of carbonyl (C=O) groups excluding carboxylic acids is 2. The highest BCUT2D eigenvalue weighted by atomic mass is 16.2. The Hall–Kier alpha value is -2.76. The van der Waals surface area contributed by atoms with Crippen molar-refractivity contribution in [2.45, 2.75) is 51.9 Å². The summed E-state index contributed by atoms with van der Waals surface area (Å²) in [6.45, 7) is 7.25. The third-order valence-corrected chi connectivity index (χ3v) is 5.82. The molecule has 0 spiro atoms. The normalized spacial score (nSPS) is 17.7. The van der Waals surface area contributed by atoms with Crippen molar-refractivity contribution in [3.05, 3.63) is 58.7 Å². The van der Waals surface area contributed by atoms with E-state index in [2.05, 4.69) is 5.32 Å². The lowest BCUT2D eigenvalue weighted by Gasteiger charge is -2.34. The second-order valence-corrected chi connectivity index (χ2v) is 7.84. The Balaban J connectivity index is 1.75. The summed E-state index contributed by atoms with van der Waals surface area (Å²) in [5.74, 6) is 0.865. The number of hydrogen-bond donors (Lipinski definition) is 1. The third-order valence-electron chi connectivity index (χ3n) is 5.82. The molecule has 2 amide bonds. The number of aromatic nitrogens is 2. The van der Waals surface area contributed by atoms with E-state index in [9.17, 15) is 9.59 Å². The Morgan fingerprint density at radius 3 is 2.45 bits per heavy atom. The molecule has 2 aromatic rings. The summed E-state index contributed by atoms with van der Waals surface area (Å²) < 4.78 is 0. The van der Waals surface area contributed by atoms with E-state index in [1.54, 1.807) is 7.05 Å². The summed E-state index contributed by atoms with van der Waals surface area (Å²) in [7, 11) is 1.63. The van der Waals surface area contributed by atoms with Crippen LogP contribution in [0, 0.1) is 13.8 Å². The maximum absolute atomic E-state index is 13.1. The number of carbonyl (C=O) groups is 2. The van der Waals surface area contributed by atoms with Crippen molar-refractivity contribution < 1.29 is 9.59 Å². The van der Waals surface area contributed by atoms with E-state index in [1.807, 2.05) is 56.0 Å². The molecule has 2 atom stereocenters. The van der Waals surface area contributed by atoms with Gasteiger partial charge in [0.15, 0.2) is 0 Å². The van der Waals surface area contributed by atoms with E-state index in [0.29, 0.717) is 6.54 Å². The number of nitrogens with one attached hydrogen (secondary N) is 1. The molecule has 1 fully saturated rings. The summed E-state index contributed by atoms with van der Waals surface area (Å²) in [6.07, 6.45) is 2.20. The highest BCUT2D eigenvalue weighted by Gasteiger charge is 2.30. The minimum absolute atomic E-state index is 0.0445. The molecule has 6 heteroatoms. The van der Waals surface area contributed by atoms with E-state index in [1.165, 1.54) is 0 Å². The molecule has 0 bridgehead atoms. The van der Waals surface area contributed by atoms with Gasteiger partial charge in [0.2, 0.25) is 11.8 Å². The summed E-state index contributed by atoms with van der Waals surface area (Å²) in [5.41, 5.74) is 3.62. The third kappa shape index (κ3) is 4.81. The van der Waals surface area contributed by atoms with Gasteiger partial charge >= 0.3 is 0 Å². The largest absolute Gasteiger partial charge is 0.359 e. The van der Waals surface area contributed by atoms with Gasteiger partial charge in [0.05, 0.1) is 12.3 Å². The summed E-state index contributed by atoms with van der Waals surface area (Å²) in [6, 6.07) is 9.92. The van der Waals surface area contributed by atoms with E-state index >= 15 is 0 Å². The number of nitrogens with zero attached hydrogens (tertiary/aromatic N) is 3. The molecule has 1 aliphatic heterocycles. The van der Waals surface area contributed by atoms with Gasteiger partial charge in [-0.1, -0.05) is 30.3 Å². The number of hydrogen-bond acceptors (Lipinski definition) is 4. The van der Waals surface area contributed by atoms with Crippen LogP contribution in [0.5, 0.6) is 0 Å². The molecule has 29 heavy (non-hydrogen) atoms. The fraction of sp³-hybridized carbons (Fsp3) is 0.478. The maximum Gasteiger partial charge on any atom is 0.229 e. The van der Waals surface area contributed by atoms with Gasteiger partial charge in [-0.15, -0.1) is 0 Å². The van der Waals surface area contributed by atoms with Gasteiger partial charge in [0.1, 0.15) is 5.82 Å². The van der Waals surface area contributed by atoms with Crippen LogP contribution in [-0.2, 0) is 16.0 Å². The van der Waals surface area contributed by atoms with Crippen LogP contribution in [0.1, 0.15) is 59.9 Å². The van der Waals surface area contributed by atoms with Crippen molar-refractivity contribution in [2.75, 3.05) is 20.1 Å². The van der Waals surface area contributed by atoms with E-state index in [0.717, 1.165) is 47.7 Å². The second-order valence-electron chi connectivity index (χ2n) is 7.84. The Kier molecular flexibility index (Phi) is 6.62. The van der Waals surface area contributed by atoms with Crippen LogP contribution in [0.3, 0.4) is 0 Å². The molecule has 1 aromatic carbocycles. The molecular weight excluding hydrogens is 364 g/mol. The Morgan fingerprint density at radius 2 is 1.83 bits per heavy atom. The fourth-order valence-electron chi connectivity index (χ4n) is 4.00. The second kappa shape index (κ2) is 9.16. The molecule has 6 nitrogen and oxygen atoms in total. The number of likely N-dealkylation sites (tertiary alicyclic amines) is 1. The van der Waals surface area contributed by atoms with Crippen molar-refractivity contribution in [2.24, 2.45) is 0 Å². The van der Waals surface area contributed by atoms with Gasteiger partial charge in [-0.3, -0.25) is 9.59 Å². The maximum atomic E-state index is 13.1. The predicted octanol–water partition coefficient (Wildman–Crippen LogP) is 2.89. The molecule has 0 unspecified atom stereocenters. The van der Waals surface area contributed by atoms with E-state index in [4.69, 9.17) is 9.97 Å². The molecule has 1 aromatic heterocycles. The van der Waals surface area contributed by atoms with E-state index in [-0.39, 0.29) is 30.1 Å². The standard InChI is InChI=1S/C23H30N4O2/c1-15(18-9-6-5-7-10-18)23(29)27-12-8-11-19(14-27)22-25-16(2)20(17(3)26-22)13-21(28)24-4/h5-7,9-10,15,19H,8,11-14H2,1-4H3,(H,24,28)/t15-,19+/m0/s1. The molecule has 1 N–H and O–H groups in total. The van der Waals surface area contributed by atoms with Gasteiger partial charge in [-0.2, -0.15) is 0 Å². The number of rotatable bonds is 5. The monoisotopic (exact) mass is 394 g/mol. The average Bonchev–Trinajstić information content (AvgIpc) is 2.75. The lowest BCUT2D eigenvalue weighted by molar-refractivity contribution is -0.133. The molecular formula is C23H30N4O2. The molecule has 1 aliphatic rings. The van der Waals surface area contributed by atoms with Crippen LogP contribution in [0.2, 0.25) is 0 Å². The first kappa shape index (κ1) is 21.0. The van der Waals surface area contributed by atoms with E-state index < -0.39 is 0 Å². The number of aryl methyl sites for hydroxylation is 2. The van der Waals surface area contributed by atoms with Crippen molar-refractivity contribution in [1.82, 2.24) is 20.2 Å². The minimum Gasteiger partial charge on any atom is -0.359 e. The molecule has 154 valence electrons. The Labute approximate surface area is 172 Å². The number of likely N-dealkylation sites (N-methyl/N-ethyl adjacent to an activating group) is 1. The first-order chi connectivity index (χ1) is 13.9. The van der Waals surface area contributed by atoms with Crippen LogP contribution in [0.15, 0.2) is 30.3 Å². The number of piperidine rings is 1. The first-order valence-electron chi connectivity index (χ1n) is 10.3. The number of benzene rings is 1. The van der Waals surface area contributed by atoms with Gasteiger partial charge < -0.3 is 10.2 Å². The molecule has 1 saturated heterocycles. The van der Waals surface area contributed by atoms with Crippen molar-refractivity contribution in [1.29, 1.82) is 0 Å². The van der Waals surface area contributed by atoms with Crippen LogP contribution in [0.25, 0.3) is 0 Å². The van der Waals surface area contributed by atoms with Crippen molar-refractivity contribution >= 4 is 11.8 Å². The SMILES string of the molecule is CNC(=O)Cc1c(C)nc([C@@H]2CCCN(C(=O)[C@@H](C)c3ccccc3)C2)nc1C. The summed E-state index contributed by atoms with van der Waals surface area (Å²) >= 11 is 0. The van der Waals surface area contributed by atoms with Crippen molar-refractivity contribution in [3.63, 3.8) is 0 Å². The Morgan fingerprint density at radius 1 is 1.17 bits per heavy atom. The molecule has 0 aliphatic carbocycles. The van der Waals surface area contributed by atoms with Crippen LogP contribution in [-0.4, -0.2) is 46.8 Å². The Bertz CT molecular complexity index is 859. The summed E-state index contributed by atoms with van der Waals surface area (Å²) in [4.78, 5) is 36.2. The first-order valence-corrected chi connectivity index (χ1v) is 10.3. The zero-order valence-corrected chi connectivity index (χ0v) is 17.7. The molecule has 2 heterocycles. The summed E-state index contributed by atoms with van der Waals surface area (Å²) in [5, 5.41) is 2.65. The van der Waals surface area contributed by atoms with Crippen LogP contribution in [0.4, 0.5) is 0 Å². The highest BCUT2D eigenvalue weighted by molar-refractivity contribution is 5.83. The zero-order valence-electron chi connectivity index (χ0n) is 17.7. The topological polar surface area (TPSA) is 75.2 Å². The fourth-order valence-corrected chi connectivity index (χ4v) is 4.00. The smallest absolute Gasteiger partial charge is 0.229 e. The lowest BCUT2D eigenvalue weighted by Crippen LogP contribution is -2.41. The molecule has 0 radical (unpaired) electrons.